The van der Waals surface area contributed by atoms with Crippen molar-refractivity contribution in [2.45, 2.75) is 38.6 Å². The van der Waals surface area contributed by atoms with Crippen LogP contribution in [0.2, 0.25) is 0 Å². The molecule has 3 N–H and O–H groups in total. The van der Waals surface area contributed by atoms with Gasteiger partial charge in [-0.25, -0.2) is 0 Å². The summed E-state index contributed by atoms with van der Waals surface area (Å²) in [5, 5.41) is 30.8. The van der Waals surface area contributed by atoms with Crippen LogP contribution in [0.15, 0.2) is 23.8 Å². The Kier molecular flexibility index (Phi) is 5.05. The van der Waals surface area contributed by atoms with Crippen LogP contribution in [0, 0.1) is 17.2 Å². The highest BCUT2D eigenvalue weighted by atomic mass is 16.3. The summed E-state index contributed by atoms with van der Waals surface area (Å²) in [5.74, 6) is -0.507. The van der Waals surface area contributed by atoms with Gasteiger partial charge in [-0.15, -0.1) is 0 Å². The average Bonchev–Trinajstić information content (AvgIpc) is 2.50. The molecule has 0 aromatic heterocycles. The number of hydrogen-bond acceptors (Lipinski definition) is 4. The first-order valence-electron chi connectivity index (χ1n) is 7.46. The van der Waals surface area contributed by atoms with Gasteiger partial charge in [0.15, 0.2) is 11.5 Å². The molecule has 1 aliphatic carbocycles. The highest BCUT2D eigenvalue weighted by Crippen LogP contribution is 2.26. The Hall–Kier alpha value is -2.48. The number of carbonyl (C=O) groups is 1. The van der Waals surface area contributed by atoms with Gasteiger partial charge in [-0.3, -0.25) is 4.79 Å². The van der Waals surface area contributed by atoms with E-state index in [1.54, 1.807) is 0 Å². The number of rotatable bonds is 3. The van der Waals surface area contributed by atoms with Gasteiger partial charge in [0.2, 0.25) is 0 Å². The Morgan fingerprint density at radius 3 is 2.68 bits per heavy atom. The van der Waals surface area contributed by atoms with Gasteiger partial charge in [0.25, 0.3) is 5.91 Å². The molecule has 0 bridgehead atoms. The maximum absolute atomic E-state index is 12.2. The molecule has 1 amide bonds. The van der Waals surface area contributed by atoms with Crippen LogP contribution in [0.1, 0.15) is 38.2 Å². The maximum atomic E-state index is 12.2. The van der Waals surface area contributed by atoms with Crippen molar-refractivity contribution < 1.29 is 15.0 Å². The van der Waals surface area contributed by atoms with E-state index in [1.807, 2.05) is 6.07 Å². The molecular formula is C17H20N2O3. The predicted octanol–water partition coefficient (Wildman–Crippen LogP) is 2.70. The molecule has 116 valence electrons. The zero-order valence-corrected chi connectivity index (χ0v) is 12.5. The Bertz CT molecular complexity index is 631. The minimum Gasteiger partial charge on any atom is -0.504 e. The summed E-state index contributed by atoms with van der Waals surface area (Å²) in [6.45, 7) is 2.11. The molecule has 5 heteroatoms. The van der Waals surface area contributed by atoms with E-state index >= 15 is 0 Å². The third-order valence-corrected chi connectivity index (χ3v) is 4.10. The highest BCUT2D eigenvalue weighted by molar-refractivity contribution is 6.01. The van der Waals surface area contributed by atoms with Crippen LogP contribution in [0.4, 0.5) is 0 Å². The molecule has 1 aliphatic rings. The van der Waals surface area contributed by atoms with E-state index in [-0.39, 0.29) is 23.1 Å². The van der Waals surface area contributed by atoms with Crippen LogP contribution < -0.4 is 5.32 Å². The predicted molar refractivity (Wildman–Crippen MR) is 82.9 cm³/mol. The van der Waals surface area contributed by atoms with Gasteiger partial charge in [0.1, 0.15) is 11.6 Å². The van der Waals surface area contributed by atoms with Crippen molar-refractivity contribution in [2.24, 2.45) is 5.92 Å². The number of nitrogens with zero attached hydrogens (tertiary/aromatic N) is 1. The molecular weight excluding hydrogens is 280 g/mol. The van der Waals surface area contributed by atoms with Gasteiger partial charge < -0.3 is 15.5 Å². The first kappa shape index (κ1) is 15.9. The normalized spacial score (nSPS) is 21.9. The fourth-order valence-electron chi connectivity index (χ4n) is 2.72. The number of benzene rings is 1. The first-order chi connectivity index (χ1) is 10.5. The summed E-state index contributed by atoms with van der Waals surface area (Å²) < 4.78 is 0. The Labute approximate surface area is 129 Å². The van der Waals surface area contributed by atoms with Crippen LogP contribution in [-0.4, -0.2) is 22.2 Å². The summed E-state index contributed by atoms with van der Waals surface area (Å²) in [7, 11) is 0. The van der Waals surface area contributed by atoms with Gasteiger partial charge in [-0.1, -0.05) is 25.8 Å². The van der Waals surface area contributed by atoms with Crippen LogP contribution >= 0.6 is 0 Å². The molecule has 2 unspecified atom stereocenters. The molecule has 0 heterocycles. The highest BCUT2D eigenvalue weighted by Gasteiger charge is 2.24. The number of amides is 1. The lowest BCUT2D eigenvalue weighted by Gasteiger charge is -2.29. The third-order valence-electron chi connectivity index (χ3n) is 4.10. The monoisotopic (exact) mass is 300 g/mol. The van der Waals surface area contributed by atoms with Gasteiger partial charge in [0.05, 0.1) is 0 Å². The first-order valence-corrected chi connectivity index (χ1v) is 7.46. The zero-order valence-electron chi connectivity index (χ0n) is 12.5. The number of nitriles is 1. The number of nitrogens with one attached hydrogen (secondary N) is 1. The van der Waals surface area contributed by atoms with Crippen molar-refractivity contribution in [1.82, 2.24) is 5.32 Å². The summed E-state index contributed by atoms with van der Waals surface area (Å²) in [6.07, 6.45) is 5.70. The van der Waals surface area contributed by atoms with Crippen molar-refractivity contribution in [3.8, 4) is 17.6 Å². The van der Waals surface area contributed by atoms with Crippen LogP contribution in [0.3, 0.4) is 0 Å². The van der Waals surface area contributed by atoms with Gasteiger partial charge in [-0.2, -0.15) is 5.26 Å². The number of carbonyl (C=O) groups excluding carboxylic acids is 1. The van der Waals surface area contributed by atoms with Gasteiger partial charge in [0, 0.05) is 6.04 Å². The summed E-state index contributed by atoms with van der Waals surface area (Å²) >= 11 is 0. The van der Waals surface area contributed by atoms with E-state index in [9.17, 15) is 20.3 Å². The van der Waals surface area contributed by atoms with Gasteiger partial charge in [-0.05, 0) is 42.5 Å². The second-order valence-electron chi connectivity index (χ2n) is 5.76. The van der Waals surface area contributed by atoms with Crippen LogP contribution in [-0.2, 0) is 4.79 Å². The lowest BCUT2D eigenvalue weighted by atomic mass is 9.86. The molecule has 22 heavy (non-hydrogen) atoms. The molecule has 2 rings (SSSR count). The molecule has 1 aromatic rings. The molecule has 5 nitrogen and oxygen atoms in total. The largest absolute Gasteiger partial charge is 0.504 e. The van der Waals surface area contributed by atoms with Crippen LogP contribution in [0.5, 0.6) is 11.5 Å². The molecule has 0 spiro atoms. The Morgan fingerprint density at radius 2 is 2.05 bits per heavy atom. The van der Waals surface area contributed by atoms with Crippen molar-refractivity contribution in [3.05, 3.63) is 29.3 Å². The zero-order chi connectivity index (χ0) is 16.1. The molecule has 2 atom stereocenters. The molecule has 0 aliphatic heterocycles. The van der Waals surface area contributed by atoms with Crippen molar-refractivity contribution in [2.75, 3.05) is 0 Å². The van der Waals surface area contributed by atoms with E-state index in [1.165, 1.54) is 30.7 Å². The fourth-order valence-corrected chi connectivity index (χ4v) is 2.72. The quantitative estimate of drug-likeness (QED) is 0.454. The second kappa shape index (κ2) is 6.99. The van der Waals surface area contributed by atoms with Crippen molar-refractivity contribution in [3.63, 3.8) is 0 Å². The number of hydrogen-bond donors (Lipinski definition) is 3. The smallest absolute Gasteiger partial charge is 0.262 e. The molecule has 1 aromatic carbocycles. The standard InChI is InChI=1S/C17H20N2O3/c1-11-4-2-3-5-14(11)19-17(22)13(10-18)8-12-6-7-15(20)16(21)9-12/h6-9,11,14,20-21H,2-5H2,1H3,(H,19,22). The van der Waals surface area contributed by atoms with E-state index in [0.717, 1.165) is 19.3 Å². The second-order valence-corrected chi connectivity index (χ2v) is 5.76. The molecule has 0 radical (unpaired) electrons. The van der Waals surface area contributed by atoms with Gasteiger partial charge >= 0.3 is 0 Å². The minimum absolute atomic E-state index is 0.0112. The fraction of sp³-hybridized carbons (Fsp3) is 0.412. The SMILES string of the molecule is CC1CCCCC1NC(=O)C(C#N)=Cc1ccc(O)c(O)c1. The third kappa shape index (κ3) is 3.79. The minimum atomic E-state index is -0.395. The van der Waals surface area contributed by atoms with E-state index in [4.69, 9.17) is 0 Å². The Morgan fingerprint density at radius 1 is 1.32 bits per heavy atom. The summed E-state index contributed by atoms with van der Waals surface area (Å²) in [6, 6.07) is 6.15. The van der Waals surface area contributed by atoms with E-state index in [2.05, 4.69) is 12.2 Å². The number of aromatic hydroxyl groups is 2. The van der Waals surface area contributed by atoms with E-state index < -0.39 is 5.91 Å². The Balaban J connectivity index is 2.13. The molecule has 1 saturated carbocycles. The summed E-state index contributed by atoms with van der Waals surface area (Å²) in [5.41, 5.74) is 0.474. The van der Waals surface area contributed by atoms with Crippen molar-refractivity contribution >= 4 is 12.0 Å². The van der Waals surface area contributed by atoms with Crippen molar-refractivity contribution in [1.29, 1.82) is 5.26 Å². The molecule has 0 saturated heterocycles. The lowest BCUT2D eigenvalue weighted by Crippen LogP contribution is -2.41. The number of phenols is 2. The average molecular weight is 300 g/mol. The number of phenolic OH excluding ortho intramolecular Hbond substituents is 2. The maximum Gasteiger partial charge on any atom is 0.262 e. The lowest BCUT2D eigenvalue weighted by molar-refractivity contribution is -0.118. The van der Waals surface area contributed by atoms with Crippen LogP contribution in [0.25, 0.3) is 6.08 Å². The van der Waals surface area contributed by atoms with E-state index in [0.29, 0.717) is 11.5 Å². The summed E-state index contributed by atoms with van der Waals surface area (Å²) in [4.78, 5) is 12.2. The topological polar surface area (TPSA) is 93.4 Å². The molecule has 1 fully saturated rings.